The highest BCUT2D eigenvalue weighted by Gasteiger charge is 2.26. The summed E-state index contributed by atoms with van der Waals surface area (Å²) in [4.78, 5) is 10.6. The smallest absolute Gasteiger partial charge is 0.312 e. The summed E-state index contributed by atoms with van der Waals surface area (Å²) < 4.78 is 31.8. The number of nitro groups is 1. The monoisotopic (exact) mass is 398 g/mol. The number of ether oxygens (including phenoxy) is 1. The molecular formula is C17H19ClN2O5S. The van der Waals surface area contributed by atoms with Gasteiger partial charge >= 0.3 is 5.69 Å². The summed E-state index contributed by atoms with van der Waals surface area (Å²) in [6.45, 7) is 3.99. The molecule has 0 heterocycles. The van der Waals surface area contributed by atoms with Crippen molar-refractivity contribution in [2.45, 2.75) is 25.3 Å². The van der Waals surface area contributed by atoms with E-state index in [9.17, 15) is 18.5 Å². The standard InChI is InChI=1S/C17H19ClN2O5S/c1-3-19(4-2)26(23,24)14-9-10-17(16(11-14)20(21)22)25-12-13-7-5-6-8-15(13)18/h5-11H,3-4,12H2,1-2H3. The molecule has 26 heavy (non-hydrogen) atoms. The molecule has 0 aromatic heterocycles. The zero-order valence-electron chi connectivity index (χ0n) is 14.4. The molecule has 0 fully saturated rings. The highest BCUT2D eigenvalue weighted by atomic mass is 35.5. The fourth-order valence-electron chi connectivity index (χ4n) is 2.41. The van der Waals surface area contributed by atoms with Crippen LogP contribution in [0.2, 0.25) is 5.02 Å². The predicted molar refractivity (Wildman–Crippen MR) is 99.0 cm³/mol. The minimum atomic E-state index is -3.80. The van der Waals surface area contributed by atoms with Crippen LogP contribution in [0, 0.1) is 10.1 Å². The van der Waals surface area contributed by atoms with Crippen LogP contribution >= 0.6 is 11.6 Å². The zero-order chi connectivity index (χ0) is 19.3. The summed E-state index contributed by atoms with van der Waals surface area (Å²) in [6, 6.07) is 10.6. The molecule has 0 spiro atoms. The minimum Gasteiger partial charge on any atom is -0.482 e. The lowest BCUT2D eigenvalue weighted by Crippen LogP contribution is -2.30. The van der Waals surface area contributed by atoms with Crippen LogP contribution in [0.15, 0.2) is 47.4 Å². The van der Waals surface area contributed by atoms with Crippen LogP contribution in [0.3, 0.4) is 0 Å². The van der Waals surface area contributed by atoms with Crippen molar-refractivity contribution in [2.75, 3.05) is 13.1 Å². The maximum Gasteiger partial charge on any atom is 0.312 e. The van der Waals surface area contributed by atoms with Gasteiger partial charge in [0.1, 0.15) is 6.61 Å². The number of hydrogen-bond donors (Lipinski definition) is 0. The summed E-state index contributed by atoms with van der Waals surface area (Å²) in [5, 5.41) is 11.9. The lowest BCUT2D eigenvalue weighted by Gasteiger charge is -2.18. The molecule has 2 rings (SSSR count). The second-order valence-electron chi connectivity index (χ2n) is 5.36. The minimum absolute atomic E-state index is 0.0200. The summed E-state index contributed by atoms with van der Waals surface area (Å²) >= 11 is 6.05. The summed E-state index contributed by atoms with van der Waals surface area (Å²) in [7, 11) is -3.80. The fourth-order valence-corrected chi connectivity index (χ4v) is 4.07. The first-order valence-electron chi connectivity index (χ1n) is 7.96. The summed E-state index contributed by atoms with van der Waals surface area (Å²) in [5.41, 5.74) is 0.258. The third-order valence-corrected chi connectivity index (χ3v) is 6.23. The van der Waals surface area contributed by atoms with Crippen LogP contribution in [0.25, 0.3) is 0 Å². The van der Waals surface area contributed by atoms with Crippen LogP contribution in [-0.2, 0) is 16.6 Å². The Bertz CT molecular complexity index is 898. The van der Waals surface area contributed by atoms with Crippen LogP contribution < -0.4 is 4.74 Å². The van der Waals surface area contributed by atoms with Crippen molar-refractivity contribution in [3.05, 3.63) is 63.2 Å². The molecule has 0 unspecified atom stereocenters. The molecule has 2 aromatic carbocycles. The molecule has 7 nitrogen and oxygen atoms in total. The van der Waals surface area contributed by atoms with E-state index in [1.165, 1.54) is 16.4 Å². The quantitative estimate of drug-likeness (QED) is 0.497. The molecule has 0 bridgehead atoms. The second-order valence-corrected chi connectivity index (χ2v) is 7.70. The Morgan fingerprint density at radius 1 is 1.15 bits per heavy atom. The Morgan fingerprint density at radius 3 is 2.38 bits per heavy atom. The zero-order valence-corrected chi connectivity index (χ0v) is 16.0. The molecule has 140 valence electrons. The molecule has 0 radical (unpaired) electrons. The molecule has 2 aromatic rings. The molecule has 0 amide bonds. The molecule has 0 saturated carbocycles. The van der Waals surface area contributed by atoms with Gasteiger partial charge in [-0.15, -0.1) is 0 Å². The van der Waals surface area contributed by atoms with Crippen LogP contribution in [0.5, 0.6) is 5.75 Å². The predicted octanol–water partition coefficient (Wildman–Crippen LogP) is 3.86. The Kier molecular flexibility index (Phi) is 6.57. The molecule has 0 saturated heterocycles. The molecule has 0 atom stereocenters. The Balaban J connectivity index is 2.35. The SMILES string of the molecule is CCN(CC)S(=O)(=O)c1ccc(OCc2ccccc2Cl)c([N+](=O)[O-])c1. The molecular weight excluding hydrogens is 380 g/mol. The van der Waals surface area contributed by atoms with Crippen molar-refractivity contribution < 1.29 is 18.1 Å². The highest BCUT2D eigenvalue weighted by Crippen LogP contribution is 2.32. The largest absolute Gasteiger partial charge is 0.482 e. The van der Waals surface area contributed by atoms with E-state index in [-0.39, 0.29) is 30.3 Å². The van der Waals surface area contributed by atoms with Gasteiger partial charge in [-0.25, -0.2) is 8.42 Å². The number of nitrogens with zero attached hydrogens (tertiary/aromatic N) is 2. The van der Waals surface area contributed by atoms with E-state index in [1.807, 2.05) is 0 Å². The van der Waals surface area contributed by atoms with Gasteiger partial charge in [0.05, 0.1) is 9.82 Å². The van der Waals surface area contributed by atoms with E-state index in [0.29, 0.717) is 10.6 Å². The molecule has 0 aliphatic heterocycles. The van der Waals surface area contributed by atoms with Crippen LogP contribution in [0.1, 0.15) is 19.4 Å². The van der Waals surface area contributed by atoms with Crippen LogP contribution in [0.4, 0.5) is 5.69 Å². The van der Waals surface area contributed by atoms with Gasteiger partial charge in [-0.1, -0.05) is 43.6 Å². The number of hydrogen-bond acceptors (Lipinski definition) is 5. The average molecular weight is 399 g/mol. The van der Waals surface area contributed by atoms with Crippen molar-refractivity contribution in [1.29, 1.82) is 0 Å². The van der Waals surface area contributed by atoms with Crippen molar-refractivity contribution in [1.82, 2.24) is 4.31 Å². The number of nitro benzene ring substituents is 1. The first-order valence-corrected chi connectivity index (χ1v) is 9.77. The fraction of sp³-hybridized carbons (Fsp3) is 0.294. The van der Waals surface area contributed by atoms with Crippen molar-refractivity contribution in [3.8, 4) is 5.75 Å². The maximum atomic E-state index is 12.5. The average Bonchev–Trinajstić information content (AvgIpc) is 2.61. The van der Waals surface area contributed by atoms with Crippen LogP contribution in [-0.4, -0.2) is 30.7 Å². The number of sulfonamides is 1. The maximum absolute atomic E-state index is 12.5. The van der Waals surface area contributed by atoms with Crippen molar-refractivity contribution in [3.63, 3.8) is 0 Å². The van der Waals surface area contributed by atoms with E-state index in [0.717, 1.165) is 6.07 Å². The van der Waals surface area contributed by atoms with Gasteiger partial charge in [0.25, 0.3) is 0 Å². The van der Waals surface area contributed by atoms with E-state index in [1.54, 1.807) is 38.1 Å². The molecule has 0 aliphatic carbocycles. The van der Waals surface area contributed by atoms with Gasteiger partial charge < -0.3 is 4.74 Å². The van der Waals surface area contributed by atoms with Gasteiger partial charge in [-0.05, 0) is 18.2 Å². The van der Waals surface area contributed by atoms with Gasteiger partial charge in [-0.3, -0.25) is 10.1 Å². The Morgan fingerprint density at radius 2 is 1.81 bits per heavy atom. The second kappa shape index (κ2) is 8.48. The third kappa shape index (κ3) is 4.32. The van der Waals surface area contributed by atoms with Gasteiger partial charge in [0.15, 0.2) is 5.75 Å². The number of halogens is 1. The number of rotatable bonds is 8. The van der Waals surface area contributed by atoms with E-state index < -0.39 is 20.6 Å². The molecule has 0 N–H and O–H groups in total. The third-order valence-electron chi connectivity index (χ3n) is 3.81. The Hall–Kier alpha value is -2.16. The highest BCUT2D eigenvalue weighted by molar-refractivity contribution is 7.89. The summed E-state index contributed by atoms with van der Waals surface area (Å²) in [5.74, 6) is -0.0200. The number of benzene rings is 2. The van der Waals surface area contributed by atoms with E-state index in [2.05, 4.69) is 0 Å². The van der Waals surface area contributed by atoms with E-state index >= 15 is 0 Å². The topological polar surface area (TPSA) is 89.8 Å². The van der Waals surface area contributed by atoms with Gasteiger partial charge in [0, 0.05) is 29.7 Å². The lowest BCUT2D eigenvalue weighted by molar-refractivity contribution is -0.386. The lowest BCUT2D eigenvalue weighted by atomic mass is 10.2. The molecule has 9 heteroatoms. The molecule has 0 aliphatic rings. The summed E-state index contributed by atoms with van der Waals surface area (Å²) in [6.07, 6.45) is 0. The van der Waals surface area contributed by atoms with Gasteiger partial charge in [-0.2, -0.15) is 4.31 Å². The first-order chi connectivity index (χ1) is 12.3. The van der Waals surface area contributed by atoms with Crippen molar-refractivity contribution in [2.24, 2.45) is 0 Å². The first kappa shape index (κ1) is 20.2. The van der Waals surface area contributed by atoms with Gasteiger partial charge in [0.2, 0.25) is 10.0 Å². The normalized spacial score (nSPS) is 11.5. The van der Waals surface area contributed by atoms with Crippen molar-refractivity contribution >= 4 is 27.3 Å². The van der Waals surface area contributed by atoms with E-state index in [4.69, 9.17) is 16.3 Å². The Labute approximate surface area is 157 Å².